The van der Waals surface area contributed by atoms with Crippen LogP contribution in [0.3, 0.4) is 0 Å². The summed E-state index contributed by atoms with van der Waals surface area (Å²) in [5.74, 6) is -1.52. The van der Waals surface area contributed by atoms with E-state index in [0.29, 0.717) is 28.5 Å². The van der Waals surface area contributed by atoms with E-state index >= 15 is 0 Å². The van der Waals surface area contributed by atoms with Gasteiger partial charge in [0.05, 0.1) is 31.6 Å². The zero-order valence-electron chi connectivity index (χ0n) is 22.0. The fourth-order valence-corrected chi connectivity index (χ4v) is 6.48. The van der Waals surface area contributed by atoms with Crippen LogP contribution in [0.2, 0.25) is 0 Å². The lowest BCUT2D eigenvalue weighted by atomic mass is 9.77. The van der Waals surface area contributed by atoms with Crippen molar-refractivity contribution in [1.82, 2.24) is 24.8 Å². The first-order valence-corrected chi connectivity index (χ1v) is 14.7. The Kier molecular flexibility index (Phi) is 8.08. The van der Waals surface area contributed by atoms with Crippen molar-refractivity contribution in [3.05, 3.63) is 60.1 Å². The molecule has 218 valence electrons. The van der Waals surface area contributed by atoms with Crippen molar-refractivity contribution in [3.63, 3.8) is 0 Å². The van der Waals surface area contributed by atoms with Gasteiger partial charge in [-0.2, -0.15) is 13.5 Å². The first-order valence-electron chi connectivity index (χ1n) is 13.3. The number of hydrogen-bond donors (Lipinski definition) is 3. The zero-order valence-corrected chi connectivity index (χ0v) is 22.8. The number of urea groups is 2. The number of amides is 6. The molecule has 1 aromatic carbocycles. The molecule has 5 rings (SSSR count). The van der Waals surface area contributed by atoms with E-state index in [0.717, 1.165) is 29.2 Å². The molecule has 15 heteroatoms. The van der Waals surface area contributed by atoms with Gasteiger partial charge in [0.2, 0.25) is 5.91 Å². The Labute approximate surface area is 236 Å². The predicted octanol–water partition coefficient (Wildman–Crippen LogP) is 1.88. The van der Waals surface area contributed by atoms with Crippen LogP contribution in [-0.4, -0.2) is 82.4 Å². The molecule has 0 bridgehead atoms. The van der Waals surface area contributed by atoms with E-state index in [4.69, 9.17) is 4.42 Å². The summed E-state index contributed by atoms with van der Waals surface area (Å²) in [6.07, 6.45) is 6.73. The standard InChI is InChI=1S/C26H30N6O8S/c33-23(28-21-22(18-10-5-2-6-11-18)32(24(21)34)41(37,38)39)20(17-8-3-1-4-9-17)29-25(35)30-13-14-31(26(30)36)27-16-19-12-7-15-40-19/h1,3-4,7-9,12,15-16,18,20-22H,2,5-6,10-11,13-14H2,(H,28,33)(H,29,35)(H,37,38,39). The van der Waals surface area contributed by atoms with Gasteiger partial charge in [-0.1, -0.05) is 49.6 Å². The fraction of sp³-hybridized carbons (Fsp3) is 0.423. The van der Waals surface area contributed by atoms with Gasteiger partial charge < -0.3 is 15.1 Å². The number of nitrogens with one attached hydrogen (secondary N) is 2. The van der Waals surface area contributed by atoms with E-state index in [1.54, 1.807) is 42.5 Å². The van der Waals surface area contributed by atoms with Crippen molar-refractivity contribution in [1.29, 1.82) is 0 Å². The average Bonchev–Trinajstić information content (AvgIpc) is 3.61. The minimum atomic E-state index is -4.82. The number of nitrogens with zero attached hydrogens (tertiary/aromatic N) is 4. The Balaban J connectivity index is 1.31. The Morgan fingerprint density at radius 1 is 1.05 bits per heavy atom. The maximum Gasteiger partial charge on any atom is 0.362 e. The summed E-state index contributed by atoms with van der Waals surface area (Å²) in [5.41, 5.74) is 0.380. The molecule has 3 N–H and O–H groups in total. The number of imide groups is 1. The number of hydrogen-bond acceptors (Lipinski definition) is 8. The second-order valence-corrected chi connectivity index (χ2v) is 11.4. The lowest BCUT2D eigenvalue weighted by Crippen LogP contribution is -2.74. The highest BCUT2D eigenvalue weighted by Gasteiger charge is 2.57. The third-order valence-electron chi connectivity index (χ3n) is 7.54. The molecule has 2 saturated heterocycles. The summed E-state index contributed by atoms with van der Waals surface area (Å²) < 4.78 is 39.2. The van der Waals surface area contributed by atoms with Crippen LogP contribution in [0, 0.1) is 5.92 Å². The fourth-order valence-electron chi connectivity index (χ4n) is 5.53. The second-order valence-electron chi connectivity index (χ2n) is 10.1. The molecule has 1 saturated carbocycles. The second kappa shape index (κ2) is 11.7. The molecule has 2 aromatic rings. The first-order chi connectivity index (χ1) is 19.6. The summed E-state index contributed by atoms with van der Waals surface area (Å²) in [4.78, 5) is 53.3. The van der Waals surface area contributed by atoms with E-state index in [-0.39, 0.29) is 19.0 Å². The van der Waals surface area contributed by atoms with Crippen molar-refractivity contribution < 1.29 is 36.6 Å². The monoisotopic (exact) mass is 586 g/mol. The highest BCUT2D eigenvalue weighted by atomic mass is 32.2. The number of hydrazone groups is 1. The molecule has 3 atom stereocenters. The van der Waals surface area contributed by atoms with Crippen LogP contribution in [0.1, 0.15) is 49.5 Å². The topological polar surface area (TPSA) is 182 Å². The smallest absolute Gasteiger partial charge is 0.362 e. The minimum absolute atomic E-state index is 0.0114. The van der Waals surface area contributed by atoms with Crippen LogP contribution in [0.25, 0.3) is 0 Å². The lowest BCUT2D eigenvalue weighted by molar-refractivity contribution is -0.149. The largest absolute Gasteiger partial charge is 0.463 e. The van der Waals surface area contributed by atoms with Crippen LogP contribution >= 0.6 is 0 Å². The molecule has 3 fully saturated rings. The molecular weight excluding hydrogens is 556 g/mol. The van der Waals surface area contributed by atoms with Crippen molar-refractivity contribution in [2.75, 3.05) is 13.1 Å². The summed E-state index contributed by atoms with van der Waals surface area (Å²) in [6, 6.07) is 6.56. The van der Waals surface area contributed by atoms with Crippen LogP contribution < -0.4 is 10.6 Å². The molecule has 0 radical (unpaired) electrons. The number of benzene rings is 1. The molecular formula is C26H30N6O8S. The number of furan rings is 1. The molecule has 3 aliphatic rings. The van der Waals surface area contributed by atoms with E-state index < -0.39 is 52.3 Å². The summed E-state index contributed by atoms with van der Waals surface area (Å²) >= 11 is 0. The van der Waals surface area contributed by atoms with Gasteiger partial charge in [-0.15, -0.1) is 0 Å². The summed E-state index contributed by atoms with van der Waals surface area (Å²) in [5, 5.41) is 10.3. The van der Waals surface area contributed by atoms with Crippen LogP contribution in [-0.2, 0) is 19.9 Å². The first kappa shape index (κ1) is 28.3. The summed E-state index contributed by atoms with van der Waals surface area (Å²) in [6.45, 7) is 0.133. The highest BCUT2D eigenvalue weighted by molar-refractivity contribution is 7.84. The van der Waals surface area contributed by atoms with Gasteiger partial charge >= 0.3 is 22.4 Å². The lowest BCUT2D eigenvalue weighted by Gasteiger charge is -2.49. The Morgan fingerprint density at radius 3 is 2.44 bits per heavy atom. The minimum Gasteiger partial charge on any atom is -0.463 e. The molecule has 6 amide bonds. The number of carbonyl (C=O) groups is 4. The van der Waals surface area contributed by atoms with E-state index in [9.17, 15) is 32.1 Å². The van der Waals surface area contributed by atoms with Gasteiger partial charge in [0, 0.05) is 0 Å². The Morgan fingerprint density at radius 2 is 1.78 bits per heavy atom. The molecule has 2 aliphatic heterocycles. The maximum atomic E-state index is 13.6. The van der Waals surface area contributed by atoms with E-state index in [1.807, 2.05) is 0 Å². The average molecular weight is 587 g/mol. The molecule has 3 heterocycles. The third-order valence-corrected chi connectivity index (χ3v) is 8.46. The van der Waals surface area contributed by atoms with Gasteiger partial charge in [-0.25, -0.2) is 23.8 Å². The van der Waals surface area contributed by atoms with Gasteiger partial charge in [0.1, 0.15) is 17.8 Å². The quantitative estimate of drug-likeness (QED) is 0.238. The van der Waals surface area contributed by atoms with Crippen molar-refractivity contribution in [3.8, 4) is 0 Å². The van der Waals surface area contributed by atoms with Gasteiger partial charge in [-0.05, 0) is 36.5 Å². The highest BCUT2D eigenvalue weighted by Crippen LogP contribution is 2.37. The summed E-state index contributed by atoms with van der Waals surface area (Å²) in [7, 11) is -4.82. The number of carbonyl (C=O) groups excluding carboxylic acids is 4. The van der Waals surface area contributed by atoms with Crippen molar-refractivity contribution in [2.45, 2.75) is 50.2 Å². The molecule has 1 aliphatic carbocycles. The van der Waals surface area contributed by atoms with Gasteiger partial charge in [-0.3, -0.25) is 14.1 Å². The Bertz CT molecular complexity index is 1420. The van der Waals surface area contributed by atoms with Gasteiger partial charge in [0.25, 0.3) is 5.91 Å². The predicted molar refractivity (Wildman–Crippen MR) is 144 cm³/mol. The molecule has 14 nitrogen and oxygen atoms in total. The van der Waals surface area contributed by atoms with Crippen molar-refractivity contribution in [2.24, 2.45) is 11.0 Å². The maximum absolute atomic E-state index is 13.6. The number of β-lactam (4-membered cyclic amide) rings is 1. The molecule has 0 spiro atoms. The van der Waals surface area contributed by atoms with Crippen LogP contribution in [0.4, 0.5) is 9.59 Å². The van der Waals surface area contributed by atoms with E-state index in [2.05, 4.69) is 15.7 Å². The van der Waals surface area contributed by atoms with Crippen molar-refractivity contribution >= 4 is 40.4 Å². The normalized spacial score (nSPS) is 22.6. The molecule has 1 aromatic heterocycles. The van der Waals surface area contributed by atoms with Gasteiger partial charge in [0.15, 0.2) is 0 Å². The molecule has 41 heavy (non-hydrogen) atoms. The molecule has 3 unspecified atom stereocenters. The van der Waals surface area contributed by atoms with E-state index in [1.165, 1.54) is 12.5 Å². The van der Waals surface area contributed by atoms with Crippen LogP contribution in [0.15, 0.2) is 58.2 Å². The number of rotatable bonds is 8. The third kappa shape index (κ3) is 5.95. The Hall–Kier alpha value is -4.24. The SMILES string of the molecule is O=C(NC1C(=O)N(S(=O)(=O)O)C1C1CCCCC1)C(NC(=O)N1CCN(N=Cc2ccco2)C1=O)c1ccccc1. The van der Waals surface area contributed by atoms with Crippen LogP contribution in [0.5, 0.6) is 0 Å². The zero-order chi connectivity index (χ0) is 29.1.